The van der Waals surface area contributed by atoms with Crippen LogP contribution in [0.4, 0.5) is 5.69 Å². The van der Waals surface area contributed by atoms with E-state index in [1.165, 1.54) is 6.92 Å². The zero-order valence-corrected chi connectivity index (χ0v) is 10.7. The summed E-state index contributed by atoms with van der Waals surface area (Å²) in [6, 6.07) is 8.49. The maximum absolute atomic E-state index is 11.5. The molecule has 1 aliphatic rings. The Morgan fingerprint density at radius 1 is 1.26 bits per heavy atom. The predicted octanol–water partition coefficient (Wildman–Crippen LogP) is 0.546. The van der Waals surface area contributed by atoms with Crippen molar-refractivity contribution in [3.8, 4) is 0 Å². The average molecular weight is 262 g/mol. The fraction of sp³-hybridized carbons (Fsp3) is 0.231. The largest absolute Gasteiger partial charge is 0.397 e. The third kappa shape index (κ3) is 3.32. The van der Waals surface area contributed by atoms with E-state index >= 15 is 0 Å². The van der Waals surface area contributed by atoms with Gasteiger partial charge in [-0.3, -0.25) is 14.4 Å². The highest BCUT2D eigenvalue weighted by molar-refractivity contribution is 6.82. The van der Waals surface area contributed by atoms with Crippen LogP contribution in [0.25, 0.3) is 0 Å². The summed E-state index contributed by atoms with van der Waals surface area (Å²) in [7, 11) is 0. The Bertz CT molecular complexity index is 523. The molecule has 0 spiro atoms. The molecule has 0 fully saturated rings. The number of carbonyl (C=O) groups is 3. The summed E-state index contributed by atoms with van der Waals surface area (Å²) in [6.45, 7) is 3.14. The minimum Gasteiger partial charge on any atom is -0.397 e. The van der Waals surface area contributed by atoms with Crippen molar-refractivity contribution in [3.63, 3.8) is 0 Å². The lowest BCUT2D eigenvalue weighted by Crippen LogP contribution is -2.28. The van der Waals surface area contributed by atoms with Crippen LogP contribution in [-0.4, -0.2) is 34.9 Å². The Balaban J connectivity index is 0.000000550. The van der Waals surface area contributed by atoms with Crippen molar-refractivity contribution >= 4 is 28.9 Å². The number of benzene rings is 1. The summed E-state index contributed by atoms with van der Waals surface area (Å²) in [6.07, 6.45) is 0. The van der Waals surface area contributed by atoms with Crippen LogP contribution in [0.3, 0.4) is 0 Å². The molecule has 0 atom stereocenters. The second-order valence-corrected chi connectivity index (χ2v) is 3.60. The normalized spacial score (nSPS) is 13.8. The molecule has 0 unspecified atom stereocenters. The Labute approximate surface area is 110 Å². The van der Waals surface area contributed by atoms with Gasteiger partial charge < -0.3 is 5.11 Å². The molecule has 0 saturated heterocycles. The molecule has 6 nitrogen and oxygen atoms in total. The van der Waals surface area contributed by atoms with E-state index in [2.05, 4.69) is 5.10 Å². The van der Waals surface area contributed by atoms with Crippen LogP contribution in [0.5, 0.6) is 0 Å². The molecule has 1 N–H and O–H groups in total. The monoisotopic (exact) mass is 262 g/mol. The predicted molar refractivity (Wildman–Crippen MR) is 69.8 cm³/mol. The third-order valence-corrected chi connectivity index (χ3v) is 2.14. The lowest BCUT2D eigenvalue weighted by atomic mass is 10.2. The summed E-state index contributed by atoms with van der Waals surface area (Å²) in [5.74, 6) is -2.15. The van der Waals surface area contributed by atoms with Gasteiger partial charge in [-0.05, 0) is 19.1 Å². The topological polar surface area (TPSA) is 87.0 Å². The van der Waals surface area contributed by atoms with Gasteiger partial charge in [-0.1, -0.05) is 18.2 Å². The quantitative estimate of drug-likeness (QED) is 0.788. The number of hydrazone groups is 1. The Morgan fingerprint density at radius 3 is 2.21 bits per heavy atom. The molecule has 6 heteroatoms. The van der Waals surface area contributed by atoms with Crippen molar-refractivity contribution in [1.29, 1.82) is 0 Å². The van der Waals surface area contributed by atoms with Gasteiger partial charge in [0.15, 0.2) is 11.5 Å². The number of carbonyl (C=O) groups excluding carboxylic acids is 3. The zero-order chi connectivity index (χ0) is 14.4. The van der Waals surface area contributed by atoms with Gasteiger partial charge in [-0.15, -0.1) is 0 Å². The maximum Gasteiger partial charge on any atom is 0.321 e. The van der Waals surface area contributed by atoms with Gasteiger partial charge in [-0.2, -0.15) is 10.1 Å². The molecule has 1 aromatic carbocycles. The van der Waals surface area contributed by atoms with Crippen molar-refractivity contribution in [2.24, 2.45) is 5.10 Å². The highest BCUT2D eigenvalue weighted by Gasteiger charge is 2.36. The number of nitrogens with zero attached hydrogens (tertiary/aromatic N) is 2. The van der Waals surface area contributed by atoms with Crippen LogP contribution in [0.2, 0.25) is 0 Å². The number of para-hydroxylation sites is 1. The summed E-state index contributed by atoms with van der Waals surface area (Å²) in [5, 5.41) is 12.2. The van der Waals surface area contributed by atoms with Gasteiger partial charge >= 0.3 is 5.91 Å². The van der Waals surface area contributed by atoms with Gasteiger partial charge in [0.25, 0.3) is 5.78 Å². The maximum atomic E-state index is 11.5. The number of aliphatic hydroxyl groups is 1. The fourth-order valence-corrected chi connectivity index (χ4v) is 1.36. The third-order valence-electron chi connectivity index (χ3n) is 2.14. The van der Waals surface area contributed by atoms with Crippen LogP contribution < -0.4 is 5.01 Å². The van der Waals surface area contributed by atoms with Crippen molar-refractivity contribution in [3.05, 3.63) is 30.3 Å². The first-order chi connectivity index (χ1) is 9.02. The summed E-state index contributed by atoms with van der Waals surface area (Å²) < 4.78 is 0. The van der Waals surface area contributed by atoms with E-state index in [1.54, 1.807) is 37.3 Å². The number of Topliss-reactive ketones (excluding diaryl/α,β-unsaturated/α-hetero) is 2. The molecule has 1 amide bonds. The second kappa shape index (κ2) is 6.55. The van der Waals surface area contributed by atoms with Crippen LogP contribution in [0, 0.1) is 0 Å². The van der Waals surface area contributed by atoms with Gasteiger partial charge in [0.1, 0.15) is 0 Å². The molecule has 2 rings (SSSR count). The minimum atomic E-state index is -0.851. The molecule has 0 radical (unpaired) electrons. The molecular weight excluding hydrogens is 248 g/mol. The molecule has 0 aliphatic carbocycles. The number of rotatable bonds is 2. The zero-order valence-electron chi connectivity index (χ0n) is 10.7. The smallest absolute Gasteiger partial charge is 0.321 e. The SMILES string of the molecule is CC(=O)C1=NN(c2ccccc2)C(=O)C1=O.CCO. The first-order valence-corrected chi connectivity index (χ1v) is 5.67. The molecule has 0 bridgehead atoms. The first-order valence-electron chi connectivity index (χ1n) is 5.67. The number of ketones is 2. The molecule has 100 valence electrons. The number of hydrogen-bond acceptors (Lipinski definition) is 5. The number of anilines is 1. The lowest BCUT2D eigenvalue weighted by molar-refractivity contribution is -0.132. The van der Waals surface area contributed by atoms with Gasteiger partial charge in [0.05, 0.1) is 5.69 Å². The molecule has 0 aromatic heterocycles. The van der Waals surface area contributed by atoms with Gasteiger partial charge in [0.2, 0.25) is 0 Å². The number of hydrogen-bond donors (Lipinski definition) is 1. The summed E-state index contributed by atoms with van der Waals surface area (Å²) >= 11 is 0. The number of aliphatic hydroxyl groups excluding tert-OH is 1. The van der Waals surface area contributed by atoms with Crippen molar-refractivity contribution in [2.75, 3.05) is 11.6 Å². The minimum absolute atomic E-state index is 0.250. The summed E-state index contributed by atoms with van der Waals surface area (Å²) in [5.41, 5.74) is 0.158. The number of amides is 1. The van der Waals surface area contributed by atoms with Crippen LogP contribution in [0.1, 0.15) is 13.8 Å². The first kappa shape index (κ1) is 14.7. The second-order valence-electron chi connectivity index (χ2n) is 3.60. The molecule has 1 aromatic rings. The molecule has 19 heavy (non-hydrogen) atoms. The molecule has 1 heterocycles. The Morgan fingerprint density at radius 2 is 1.79 bits per heavy atom. The van der Waals surface area contributed by atoms with Crippen molar-refractivity contribution in [1.82, 2.24) is 0 Å². The van der Waals surface area contributed by atoms with Crippen LogP contribution >= 0.6 is 0 Å². The van der Waals surface area contributed by atoms with Crippen LogP contribution in [-0.2, 0) is 14.4 Å². The van der Waals surface area contributed by atoms with E-state index in [0.717, 1.165) is 5.01 Å². The van der Waals surface area contributed by atoms with E-state index in [-0.39, 0.29) is 12.3 Å². The van der Waals surface area contributed by atoms with E-state index < -0.39 is 17.5 Å². The summed E-state index contributed by atoms with van der Waals surface area (Å²) in [4.78, 5) is 34.0. The van der Waals surface area contributed by atoms with Gasteiger partial charge in [0, 0.05) is 13.5 Å². The highest BCUT2D eigenvalue weighted by Crippen LogP contribution is 2.18. The fourth-order valence-electron chi connectivity index (χ4n) is 1.36. The van der Waals surface area contributed by atoms with Gasteiger partial charge in [-0.25, -0.2) is 0 Å². The van der Waals surface area contributed by atoms with E-state index in [4.69, 9.17) is 5.11 Å². The van der Waals surface area contributed by atoms with E-state index in [1.807, 2.05) is 0 Å². The lowest BCUT2D eigenvalue weighted by Gasteiger charge is -2.09. The van der Waals surface area contributed by atoms with Crippen LogP contribution in [0.15, 0.2) is 35.4 Å². The molecular formula is C13H14N2O4. The highest BCUT2D eigenvalue weighted by atomic mass is 16.2. The van der Waals surface area contributed by atoms with E-state index in [9.17, 15) is 14.4 Å². The van der Waals surface area contributed by atoms with E-state index in [0.29, 0.717) is 5.69 Å². The average Bonchev–Trinajstić information content (AvgIpc) is 2.69. The Hall–Kier alpha value is -2.34. The molecule has 0 saturated carbocycles. The van der Waals surface area contributed by atoms with Crippen molar-refractivity contribution < 1.29 is 19.5 Å². The Kier molecular flexibility index (Phi) is 5.08. The standard InChI is InChI=1S/C11H8N2O3.C2H6O/c1-7(14)9-10(15)11(16)13(12-9)8-5-3-2-4-6-8;1-2-3/h2-6H,1H3;3H,2H2,1H3. The molecule has 1 aliphatic heterocycles. The van der Waals surface area contributed by atoms with Crippen molar-refractivity contribution in [2.45, 2.75) is 13.8 Å².